The number of amides is 1. The second-order valence-electron chi connectivity index (χ2n) is 7.12. The Bertz CT molecular complexity index is 675. The maximum Gasteiger partial charge on any atom is 0.431 e. The minimum atomic E-state index is -6.20. The summed E-state index contributed by atoms with van der Waals surface area (Å²) < 4.78 is 92.3. The van der Waals surface area contributed by atoms with E-state index < -0.39 is 41.7 Å². The SMILES string of the molecule is CC[C@@H]1CN(OCc2ccccc2)C(=O)[C@@]1(C)CC(F)(C(F)(F)F)C(F)(F)F. The summed E-state index contributed by atoms with van der Waals surface area (Å²) in [6.07, 6.45) is -14.4. The lowest BCUT2D eigenvalue weighted by molar-refractivity contribution is -0.348. The van der Waals surface area contributed by atoms with Gasteiger partial charge in [0.2, 0.25) is 0 Å². The number of carbonyl (C=O) groups is 1. The van der Waals surface area contributed by atoms with Crippen LogP contribution in [0.2, 0.25) is 0 Å². The molecule has 0 aromatic heterocycles. The van der Waals surface area contributed by atoms with Crippen LogP contribution in [0.5, 0.6) is 0 Å². The Morgan fingerprint density at radius 3 is 2.07 bits per heavy atom. The van der Waals surface area contributed by atoms with E-state index in [-0.39, 0.29) is 19.6 Å². The van der Waals surface area contributed by atoms with Crippen molar-refractivity contribution in [3.63, 3.8) is 0 Å². The zero-order valence-electron chi connectivity index (χ0n) is 15.2. The third kappa shape index (κ3) is 3.97. The zero-order valence-corrected chi connectivity index (χ0v) is 15.2. The summed E-state index contributed by atoms with van der Waals surface area (Å²) >= 11 is 0. The number of hydrogen-bond acceptors (Lipinski definition) is 2. The molecular formula is C18H20F7NO2. The first-order valence-electron chi connectivity index (χ1n) is 8.57. The van der Waals surface area contributed by atoms with Crippen LogP contribution in [-0.2, 0) is 16.2 Å². The number of carbonyl (C=O) groups excluding carboxylic acids is 1. The fraction of sp³-hybridized carbons (Fsp3) is 0.611. The molecule has 1 aliphatic heterocycles. The van der Waals surface area contributed by atoms with Gasteiger partial charge in [0.25, 0.3) is 11.6 Å². The summed E-state index contributed by atoms with van der Waals surface area (Å²) in [5.41, 5.74) is -7.05. The smallest absolute Gasteiger partial charge is 0.272 e. The van der Waals surface area contributed by atoms with Gasteiger partial charge in [-0.3, -0.25) is 9.63 Å². The molecule has 0 unspecified atom stereocenters. The van der Waals surface area contributed by atoms with Crippen molar-refractivity contribution in [2.45, 2.75) is 51.3 Å². The number of rotatable bonds is 6. The quantitative estimate of drug-likeness (QED) is 0.597. The van der Waals surface area contributed by atoms with E-state index in [1.807, 2.05) is 0 Å². The van der Waals surface area contributed by atoms with Crippen LogP contribution in [0.1, 0.15) is 32.3 Å². The maximum atomic E-state index is 14.3. The van der Waals surface area contributed by atoms with Gasteiger partial charge < -0.3 is 0 Å². The molecule has 1 aliphatic rings. The van der Waals surface area contributed by atoms with Crippen LogP contribution < -0.4 is 0 Å². The van der Waals surface area contributed by atoms with Crippen LogP contribution >= 0.6 is 0 Å². The van der Waals surface area contributed by atoms with Crippen LogP contribution in [0.3, 0.4) is 0 Å². The van der Waals surface area contributed by atoms with Gasteiger partial charge in [-0.2, -0.15) is 26.3 Å². The number of alkyl halides is 7. The monoisotopic (exact) mass is 415 g/mol. The van der Waals surface area contributed by atoms with E-state index >= 15 is 0 Å². The fourth-order valence-corrected chi connectivity index (χ4v) is 3.45. The molecule has 0 bridgehead atoms. The zero-order chi connectivity index (χ0) is 21.4. The summed E-state index contributed by atoms with van der Waals surface area (Å²) in [7, 11) is 0. The average Bonchev–Trinajstić information content (AvgIpc) is 2.82. The van der Waals surface area contributed by atoms with Crippen molar-refractivity contribution in [3.05, 3.63) is 35.9 Å². The Morgan fingerprint density at radius 1 is 1.07 bits per heavy atom. The van der Waals surface area contributed by atoms with Gasteiger partial charge >= 0.3 is 12.4 Å². The summed E-state index contributed by atoms with van der Waals surface area (Å²) in [4.78, 5) is 18.0. The minimum Gasteiger partial charge on any atom is -0.272 e. The second kappa shape index (κ2) is 7.53. The Hall–Kier alpha value is -1.84. The highest BCUT2D eigenvalue weighted by atomic mass is 19.4. The minimum absolute atomic E-state index is 0.0826. The number of hydroxylamine groups is 2. The highest BCUT2D eigenvalue weighted by Crippen LogP contribution is 2.55. The summed E-state index contributed by atoms with van der Waals surface area (Å²) in [6.45, 7) is 2.13. The predicted molar refractivity (Wildman–Crippen MR) is 85.4 cm³/mol. The molecule has 0 saturated carbocycles. The van der Waals surface area contributed by atoms with E-state index in [9.17, 15) is 35.5 Å². The topological polar surface area (TPSA) is 29.5 Å². The first-order valence-corrected chi connectivity index (χ1v) is 8.57. The molecule has 1 fully saturated rings. The van der Waals surface area contributed by atoms with E-state index in [2.05, 4.69) is 0 Å². The van der Waals surface area contributed by atoms with Gasteiger partial charge in [-0.15, -0.1) is 0 Å². The molecule has 2 rings (SSSR count). The van der Waals surface area contributed by atoms with Crippen molar-refractivity contribution in [1.82, 2.24) is 5.06 Å². The summed E-state index contributed by atoms with van der Waals surface area (Å²) in [5, 5.41) is 0.744. The first-order chi connectivity index (χ1) is 12.8. The number of halogens is 7. The van der Waals surface area contributed by atoms with Crippen molar-refractivity contribution >= 4 is 5.91 Å². The van der Waals surface area contributed by atoms with Crippen molar-refractivity contribution in [2.75, 3.05) is 6.54 Å². The number of benzene rings is 1. The van der Waals surface area contributed by atoms with Crippen LogP contribution in [0, 0.1) is 11.3 Å². The van der Waals surface area contributed by atoms with Crippen molar-refractivity contribution < 1.29 is 40.4 Å². The van der Waals surface area contributed by atoms with E-state index in [0.29, 0.717) is 5.56 Å². The molecule has 1 amide bonds. The van der Waals surface area contributed by atoms with E-state index in [0.717, 1.165) is 12.0 Å². The summed E-state index contributed by atoms with van der Waals surface area (Å²) in [6, 6.07) is 8.50. The average molecular weight is 415 g/mol. The first kappa shape index (κ1) is 22.4. The van der Waals surface area contributed by atoms with Crippen molar-refractivity contribution in [3.8, 4) is 0 Å². The molecule has 1 aromatic rings. The maximum absolute atomic E-state index is 14.3. The lowest BCUT2D eigenvalue weighted by Crippen LogP contribution is -2.57. The van der Waals surface area contributed by atoms with E-state index in [1.165, 1.54) is 6.92 Å². The van der Waals surface area contributed by atoms with Crippen LogP contribution in [0.4, 0.5) is 30.7 Å². The molecule has 28 heavy (non-hydrogen) atoms. The lowest BCUT2D eigenvalue weighted by Gasteiger charge is -2.37. The van der Waals surface area contributed by atoms with Crippen molar-refractivity contribution in [2.24, 2.45) is 11.3 Å². The molecular weight excluding hydrogens is 395 g/mol. The molecule has 3 nitrogen and oxygen atoms in total. The second-order valence-corrected chi connectivity index (χ2v) is 7.12. The van der Waals surface area contributed by atoms with E-state index in [4.69, 9.17) is 4.84 Å². The normalized spacial score (nSPS) is 24.1. The molecule has 2 atom stereocenters. The molecule has 1 saturated heterocycles. The van der Waals surface area contributed by atoms with Gasteiger partial charge in [-0.05, 0) is 11.5 Å². The molecule has 1 aromatic carbocycles. The third-order valence-corrected chi connectivity index (χ3v) is 5.23. The molecule has 0 spiro atoms. The molecule has 0 N–H and O–H groups in total. The Balaban J connectivity index is 2.27. The fourth-order valence-electron chi connectivity index (χ4n) is 3.45. The summed E-state index contributed by atoms with van der Waals surface area (Å²) in [5.74, 6) is -2.03. The Kier molecular flexibility index (Phi) is 6.04. The van der Waals surface area contributed by atoms with Crippen LogP contribution in [-0.4, -0.2) is 35.5 Å². The Morgan fingerprint density at radius 2 is 1.61 bits per heavy atom. The number of hydrogen-bond donors (Lipinski definition) is 0. The van der Waals surface area contributed by atoms with Crippen LogP contribution in [0.15, 0.2) is 30.3 Å². The molecule has 0 radical (unpaired) electrons. The molecule has 1 heterocycles. The predicted octanol–water partition coefficient (Wildman–Crippen LogP) is 5.22. The van der Waals surface area contributed by atoms with Gasteiger partial charge in [0.05, 0.1) is 12.0 Å². The van der Waals surface area contributed by atoms with Crippen LogP contribution in [0.25, 0.3) is 0 Å². The molecule has 158 valence electrons. The number of nitrogens with zero attached hydrogens (tertiary/aromatic N) is 1. The largest absolute Gasteiger partial charge is 0.431 e. The Labute approximate surface area is 157 Å². The van der Waals surface area contributed by atoms with Gasteiger partial charge in [0.15, 0.2) is 0 Å². The van der Waals surface area contributed by atoms with Gasteiger partial charge in [-0.25, -0.2) is 9.45 Å². The van der Waals surface area contributed by atoms with Crippen molar-refractivity contribution in [1.29, 1.82) is 0 Å². The highest BCUT2D eigenvalue weighted by Gasteiger charge is 2.75. The third-order valence-electron chi connectivity index (χ3n) is 5.23. The van der Waals surface area contributed by atoms with Gasteiger partial charge in [0, 0.05) is 6.42 Å². The van der Waals surface area contributed by atoms with Gasteiger partial charge in [0.1, 0.15) is 6.61 Å². The van der Waals surface area contributed by atoms with Gasteiger partial charge in [-0.1, -0.05) is 50.6 Å². The molecule has 0 aliphatic carbocycles. The highest BCUT2D eigenvalue weighted by molar-refractivity contribution is 5.84. The standard InChI is InChI=1S/C18H20F7NO2/c1-3-13-9-26(28-10-12-7-5-4-6-8-12)14(27)15(13,2)11-16(19,17(20,21)22)18(23,24)25/h4-8,13H,3,9-11H2,1-2H3/t13-,15+/m1/s1. The van der Waals surface area contributed by atoms with E-state index in [1.54, 1.807) is 30.3 Å². The lowest BCUT2D eigenvalue weighted by atomic mass is 9.70. The molecule has 10 heteroatoms.